The van der Waals surface area contributed by atoms with Crippen molar-refractivity contribution in [2.24, 2.45) is 0 Å². The largest absolute Gasteiger partial charge is 0.504 e. The van der Waals surface area contributed by atoms with Crippen molar-refractivity contribution in [2.75, 3.05) is 0 Å². The van der Waals surface area contributed by atoms with E-state index < -0.39 is 0 Å². The summed E-state index contributed by atoms with van der Waals surface area (Å²) >= 11 is 16.3. The average Bonchev–Trinajstić information content (AvgIpc) is 2.50. The normalized spacial score (nSPS) is 11.0. The maximum absolute atomic E-state index is 10.2. The molecule has 0 saturated carbocycles. The Morgan fingerprint density at radius 3 is 1.77 bits per heavy atom. The van der Waals surface area contributed by atoms with Crippen LogP contribution in [0.15, 0.2) is 28.4 Å². The highest BCUT2D eigenvalue weighted by Gasteiger charge is 2.22. The van der Waals surface area contributed by atoms with Crippen LogP contribution >= 0.6 is 79.6 Å². The molecule has 0 aromatic heterocycles. The van der Waals surface area contributed by atoms with Crippen LogP contribution in [0.1, 0.15) is 11.1 Å². The van der Waals surface area contributed by atoms with Gasteiger partial charge in [-0.05, 0) is 91.3 Å². The molecule has 0 radical (unpaired) electrons. The predicted octanol–water partition coefficient (Wildman–Crippen LogP) is 5.91. The molecular formula is C13H7Br5O4. The smallest absolute Gasteiger partial charge is 0.173 e. The number of rotatable bonds is 2. The third-order valence-electron chi connectivity index (χ3n) is 2.97. The van der Waals surface area contributed by atoms with Gasteiger partial charge in [-0.2, -0.15) is 0 Å². The second kappa shape index (κ2) is 6.88. The molecule has 0 aliphatic rings. The van der Waals surface area contributed by atoms with Gasteiger partial charge in [-0.3, -0.25) is 0 Å². The van der Waals surface area contributed by atoms with Crippen molar-refractivity contribution in [3.05, 3.63) is 39.6 Å². The van der Waals surface area contributed by atoms with Crippen LogP contribution in [0.4, 0.5) is 0 Å². The van der Waals surface area contributed by atoms with Gasteiger partial charge in [0.2, 0.25) is 0 Å². The molecule has 2 aromatic rings. The summed E-state index contributed by atoms with van der Waals surface area (Å²) in [6.45, 7) is 0. The number of phenols is 4. The van der Waals surface area contributed by atoms with Crippen LogP contribution in [0, 0.1) is 0 Å². The Hall–Kier alpha value is 0.0400. The highest BCUT2D eigenvalue weighted by atomic mass is 79.9. The van der Waals surface area contributed by atoms with E-state index in [0.29, 0.717) is 33.5 Å². The highest BCUT2D eigenvalue weighted by Crippen LogP contribution is 2.49. The lowest BCUT2D eigenvalue weighted by molar-refractivity contribution is 0.396. The Labute approximate surface area is 167 Å². The summed E-state index contributed by atoms with van der Waals surface area (Å²) in [5, 5.41) is 39.5. The predicted molar refractivity (Wildman–Crippen MR) is 101 cm³/mol. The number of halogens is 5. The molecule has 0 atom stereocenters. The third-order valence-corrected chi connectivity index (χ3v) is 8.69. The van der Waals surface area contributed by atoms with Gasteiger partial charge in [-0.1, -0.05) is 0 Å². The molecule has 4 N–H and O–H groups in total. The van der Waals surface area contributed by atoms with E-state index in [1.165, 1.54) is 6.07 Å². The fourth-order valence-corrected chi connectivity index (χ4v) is 4.32. The second-order valence-corrected chi connectivity index (χ2v) is 8.29. The van der Waals surface area contributed by atoms with Crippen molar-refractivity contribution < 1.29 is 20.4 Å². The van der Waals surface area contributed by atoms with Gasteiger partial charge >= 0.3 is 0 Å². The zero-order valence-corrected chi connectivity index (χ0v) is 18.4. The van der Waals surface area contributed by atoms with Crippen molar-refractivity contribution in [1.29, 1.82) is 0 Å². The van der Waals surface area contributed by atoms with E-state index in [2.05, 4.69) is 79.6 Å². The van der Waals surface area contributed by atoms with Crippen molar-refractivity contribution >= 4 is 79.6 Å². The summed E-state index contributed by atoms with van der Waals surface area (Å²) in [5.74, 6) is -1.14. The van der Waals surface area contributed by atoms with Gasteiger partial charge in [0.25, 0.3) is 0 Å². The lowest BCUT2D eigenvalue weighted by Gasteiger charge is -2.15. The van der Waals surface area contributed by atoms with Gasteiger partial charge < -0.3 is 20.4 Å². The average molecular weight is 627 g/mol. The maximum atomic E-state index is 10.2. The molecule has 0 heterocycles. The first-order valence-electron chi connectivity index (χ1n) is 5.62. The molecule has 0 amide bonds. The quantitative estimate of drug-likeness (QED) is 0.247. The minimum Gasteiger partial charge on any atom is -0.504 e. The molecule has 0 aliphatic heterocycles. The zero-order valence-electron chi connectivity index (χ0n) is 10.5. The van der Waals surface area contributed by atoms with Gasteiger partial charge in [0.05, 0.1) is 13.4 Å². The number of aromatic hydroxyl groups is 4. The van der Waals surface area contributed by atoms with E-state index in [-0.39, 0.29) is 29.4 Å². The van der Waals surface area contributed by atoms with Crippen molar-refractivity contribution in [3.8, 4) is 23.0 Å². The summed E-state index contributed by atoms with van der Waals surface area (Å²) in [6, 6.07) is 1.38. The van der Waals surface area contributed by atoms with Crippen molar-refractivity contribution in [3.63, 3.8) is 0 Å². The standard InChI is InChI=1S/C13H7Br5O4/c14-6-3(2-5(19)12(21)9(6)17)1-4-7(15)8(16)10(18)13(22)11(4)20/h2,19-22H,1H2. The number of hydrogen-bond acceptors (Lipinski definition) is 4. The third kappa shape index (κ3) is 3.15. The molecule has 2 rings (SSSR count). The Balaban J connectivity index is 2.63. The van der Waals surface area contributed by atoms with Gasteiger partial charge in [-0.15, -0.1) is 0 Å². The summed E-state index contributed by atoms with van der Waals surface area (Å²) < 4.78 is 2.28. The van der Waals surface area contributed by atoms with Crippen molar-refractivity contribution in [2.45, 2.75) is 6.42 Å². The lowest BCUT2D eigenvalue weighted by Crippen LogP contribution is -1.95. The fourth-order valence-electron chi connectivity index (χ4n) is 1.82. The Morgan fingerprint density at radius 1 is 0.636 bits per heavy atom. The van der Waals surface area contributed by atoms with E-state index in [1.807, 2.05) is 0 Å². The molecule has 0 aliphatic carbocycles. The van der Waals surface area contributed by atoms with Crippen LogP contribution in [0.5, 0.6) is 23.0 Å². The maximum Gasteiger partial charge on any atom is 0.173 e. The summed E-state index contributed by atoms with van der Waals surface area (Å²) in [5.41, 5.74) is 1.03. The monoisotopic (exact) mass is 622 g/mol. The summed E-state index contributed by atoms with van der Waals surface area (Å²) in [7, 11) is 0. The number of phenolic OH excluding ortho intramolecular Hbond substituents is 4. The van der Waals surface area contributed by atoms with E-state index in [9.17, 15) is 20.4 Å². The Kier molecular flexibility index (Phi) is 5.75. The molecule has 0 spiro atoms. The van der Waals surface area contributed by atoms with Crippen LogP contribution < -0.4 is 0 Å². The van der Waals surface area contributed by atoms with Crippen LogP contribution in [-0.2, 0) is 6.42 Å². The van der Waals surface area contributed by atoms with E-state index in [1.54, 1.807) is 0 Å². The molecule has 118 valence electrons. The van der Waals surface area contributed by atoms with Gasteiger partial charge in [0, 0.05) is 20.9 Å². The summed E-state index contributed by atoms with van der Waals surface area (Å²) in [4.78, 5) is 0. The minimum absolute atomic E-state index is 0.193. The Morgan fingerprint density at radius 2 is 1.18 bits per heavy atom. The van der Waals surface area contributed by atoms with Crippen LogP contribution in [0.25, 0.3) is 0 Å². The van der Waals surface area contributed by atoms with Crippen LogP contribution in [0.2, 0.25) is 0 Å². The first kappa shape index (κ1) is 18.4. The first-order valence-corrected chi connectivity index (χ1v) is 9.59. The van der Waals surface area contributed by atoms with E-state index in [0.717, 1.165) is 0 Å². The van der Waals surface area contributed by atoms with Crippen LogP contribution in [-0.4, -0.2) is 20.4 Å². The van der Waals surface area contributed by atoms with Crippen LogP contribution in [0.3, 0.4) is 0 Å². The zero-order chi connectivity index (χ0) is 16.8. The molecule has 0 saturated heterocycles. The number of hydrogen-bond donors (Lipinski definition) is 4. The van der Waals surface area contributed by atoms with Crippen molar-refractivity contribution in [1.82, 2.24) is 0 Å². The molecule has 0 bridgehead atoms. The van der Waals surface area contributed by atoms with Gasteiger partial charge in [-0.25, -0.2) is 0 Å². The molecule has 22 heavy (non-hydrogen) atoms. The van der Waals surface area contributed by atoms with Gasteiger partial charge in [0.15, 0.2) is 23.0 Å². The lowest BCUT2D eigenvalue weighted by atomic mass is 10.0. The molecule has 2 aromatic carbocycles. The Bertz CT molecular complexity index is 747. The first-order chi connectivity index (χ1) is 10.2. The van der Waals surface area contributed by atoms with Gasteiger partial charge in [0.1, 0.15) is 0 Å². The number of benzene rings is 2. The molecule has 0 fully saturated rings. The van der Waals surface area contributed by atoms with E-state index in [4.69, 9.17) is 0 Å². The molecular weight excluding hydrogens is 620 g/mol. The molecule has 0 unspecified atom stereocenters. The SMILES string of the molecule is Oc1cc(Cc2c(O)c(O)c(Br)c(Br)c2Br)c(Br)c(Br)c1O. The minimum atomic E-state index is -0.291. The summed E-state index contributed by atoms with van der Waals surface area (Å²) in [6.07, 6.45) is 0.193. The highest BCUT2D eigenvalue weighted by molar-refractivity contribution is 9.14. The molecule has 4 nitrogen and oxygen atoms in total. The fraction of sp³-hybridized carbons (Fsp3) is 0.0769. The topological polar surface area (TPSA) is 80.9 Å². The second-order valence-electron chi connectivity index (χ2n) is 4.33. The van der Waals surface area contributed by atoms with E-state index >= 15 is 0 Å². The molecule has 9 heteroatoms.